The third-order valence-corrected chi connectivity index (χ3v) is 6.14. The second-order valence-corrected chi connectivity index (χ2v) is 8.52. The highest BCUT2D eigenvalue weighted by Gasteiger charge is 2.36. The third-order valence-electron chi connectivity index (χ3n) is 5.52. The van der Waals surface area contributed by atoms with Gasteiger partial charge in [-0.05, 0) is 64.0 Å². The maximum absolute atomic E-state index is 13.5. The molecule has 168 valence electrons. The molecule has 2 aromatic carbocycles. The molecule has 0 fully saturated rings. The van der Waals surface area contributed by atoms with E-state index in [0.717, 1.165) is 34.7 Å². The number of hydrogen-bond acceptors (Lipinski definition) is 3. The molecule has 1 aromatic heterocycles. The van der Waals surface area contributed by atoms with Crippen LogP contribution < -0.4 is 4.74 Å². The number of carboxylic acid groups (broad SMARTS) is 1. The van der Waals surface area contributed by atoms with Crippen LogP contribution in [0.3, 0.4) is 0 Å². The maximum Gasteiger partial charge on any atom is 0.433 e. The zero-order chi connectivity index (χ0) is 22.9. The number of benzene rings is 2. The molecule has 32 heavy (non-hydrogen) atoms. The van der Waals surface area contributed by atoms with Crippen LogP contribution in [-0.2, 0) is 23.9 Å². The molecule has 0 amide bonds. The Kier molecular flexibility index (Phi) is 6.28. The Labute approximate surface area is 190 Å². The molecule has 5 nitrogen and oxygen atoms in total. The number of fused-ring (bicyclic) bond motifs is 1. The summed E-state index contributed by atoms with van der Waals surface area (Å²) in [6.07, 6.45) is -2.97. The zero-order valence-electron chi connectivity index (χ0n) is 16.9. The highest BCUT2D eigenvalue weighted by Crippen LogP contribution is 2.41. The summed E-state index contributed by atoms with van der Waals surface area (Å²) in [4.78, 5) is 11.1. The van der Waals surface area contributed by atoms with Crippen molar-refractivity contribution in [1.29, 1.82) is 0 Å². The smallest absolute Gasteiger partial charge is 0.433 e. The number of aryl methyl sites for hydroxylation is 1. The lowest BCUT2D eigenvalue weighted by Crippen LogP contribution is -2.18. The van der Waals surface area contributed by atoms with Crippen LogP contribution >= 0.6 is 15.9 Å². The molecule has 0 bridgehead atoms. The third kappa shape index (κ3) is 4.82. The molecule has 0 unspecified atom stereocenters. The van der Waals surface area contributed by atoms with Crippen LogP contribution in [0, 0.1) is 0 Å². The van der Waals surface area contributed by atoms with E-state index in [0.29, 0.717) is 15.8 Å². The van der Waals surface area contributed by atoms with Gasteiger partial charge in [-0.1, -0.05) is 30.3 Å². The zero-order valence-corrected chi connectivity index (χ0v) is 18.5. The van der Waals surface area contributed by atoms with E-state index < -0.39 is 17.8 Å². The lowest BCUT2D eigenvalue weighted by atomic mass is 9.98. The molecule has 0 saturated heterocycles. The van der Waals surface area contributed by atoms with Gasteiger partial charge in [0, 0.05) is 5.56 Å². The van der Waals surface area contributed by atoms with Crippen molar-refractivity contribution in [1.82, 2.24) is 9.78 Å². The van der Waals surface area contributed by atoms with Gasteiger partial charge in [0.05, 0.1) is 23.1 Å². The van der Waals surface area contributed by atoms with E-state index in [1.807, 2.05) is 12.1 Å². The molecule has 0 radical (unpaired) electrons. The maximum atomic E-state index is 13.5. The van der Waals surface area contributed by atoms with E-state index in [1.54, 1.807) is 30.3 Å². The number of alkyl halides is 3. The van der Waals surface area contributed by atoms with Crippen molar-refractivity contribution >= 4 is 21.9 Å². The van der Waals surface area contributed by atoms with Gasteiger partial charge in [0.1, 0.15) is 18.1 Å². The summed E-state index contributed by atoms with van der Waals surface area (Å²) in [7, 11) is 0. The van der Waals surface area contributed by atoms with E-state index in [4.69, 9.17) is 9.84 Å². The summed E-state index contributed by atoms with van der Waals surface area (Å²) < 4.78 is 47.9. The van der Waals surface area contributed by atoms with Gasteiger partial charge in [-0.2, -0.15) is 18.3 Å². The fourth-order valence-corrected chi connectivity index (χ4v) is 4.51. The Morgan fingerprint density at radius 2 is 1.97 bits per heavy atom. The van der Waals surface area contributed by atoms with Crippen LogP contribution in [0.1, 0.15) is 35.6 Å². The highest BCUT2D eigenvalue weighted by molar-refractivity contribution is 9.10. The van der Waals surface area contributed by atoms with E-state index >= 15 is 0 Å². The molecule has 0 spiro atoms. The first-order chi connectivity index (χ1) is 15.2. The molecule has 1 aliphatic carbocycles. The first kappa shape index (κ1) is 22.4. The molecule has 1 heterocycles. The van der Waals surface area contributed by atoms with Crippen molar-refractivity contribution in [2.75, 3.05) is 6.61 Å². The molecule has 4 rings (SSSR count). The second kappa shape index (κ2) is 8.97. The average Bonchev–Trinajstić information content (AvgIpc) is 3.33. The summed E-state index contributed by atoms with van der Waals surface area (Å²) in [5.74, 6) is -0.361. The first-order valence-electron chi connectivity index (χ1n) is 10.1. The summed E-state index contributed by atoms with van der Waals surface area (Å²) in [5.41, 5.74) is 2.02. The Hall–Kier alpha value is -2.81. The van der Waals surface area contributed by atoms with Crippen molar-refractivity contribution in [2.45, 2.75) is 37.9 Å². The molecule has 1 N–H and O–H groups in total. The first-order valence-corrected chi connectivity index (χ1v) is 10.9. The summed E-state index contributed by atoms with van der Waals surface area (Å²) in [6, 6.07) is 13.4. The summed E-state index contributed by atoms with van der Waals surface area (Å²) in [6.45, 7) is -0.0816. The van der Waals surface area contributed by atoms with Crippen LogP contribution in [0.5, 0.6) is 5.75 Å². The molecule has 0 aliphatic heterocycles. The van der Waals surface area contributed by atoms with Crippen molar-refractivity contribution in [3.05, 3.63) is 69.8 Å². The van der Waals surface area contributed by atoms with Crippen molar-refractivity contribution in [2.24, 2.45) is 0 Å². The lowest BCUT2D eigenvalue weighted by Gasteiger charge is -2.14. The van der Waals surface area contributed by atoms with Gasteiger partial charge >= 0.3 is 12.1 Å². The van der Waals surface area contributed by atoms with E-state index in [1.165, 1.54) is 0 Å². The number of carbonyl (C=O) groups is 1. The summed E-state index contributed by atoms with van der Waals surface area (Å²) >= 11 is 3.44. The minimum absolute atomic E-state index is 0.00503. The van der Waals surface area contributed by atoms with Crippen LogP contribution in [0.4, 0.5) is 13.2 Å². The number of halogens is 4. The predicted octanol–water partition coefficient (Wildman–Crippen LogP) is 5.91. The minimum atomic E-state index is -4.53. The van der Waals surface area contributed by atoms with Gasteiger partial charge < -0.3 is 9.84 Å². The van der Waals surface area contributed by atoms with E-state index in [9.17, 15) is 18.0 Å². The topological polar surface area (TPSA) is 64.3 Å². The van der Waals surface area contributed by atoms with Gasteiger partial charge in [0.2, 0.25) is 0 Å². The Bertz CT molecular complexity index is 1130. The van der Waals surface area contributed by atoms with Gasteiger partial charge in [-0.15, -0.1) is 0 Å². The van der Waals surface area contributed by atoms with Crippen molar-refractivity contribution < 1.29 is 27.8 Å². The molecular formula is C23H20BrF3N2O3. The number of aromatic nitrogens is 2. The second-order valence-electron chi connectivity index (χ2n) is 7.67. The molecule has 1 aliphatic rings. The van der Waals surface area contributed by atoms with Crippen molar-refractivity contribution in [3.8, 4) is 17.0 Å². The Balaban J connectivity index is 1.49. The molecular weight excluding hydrogens is 489 g/mol. The fraction of sp³-hybridized carbons (Fsp3) is 0.304. The predicted molar refractivity (Wildman–Crippen MR) is 116 cm³/mol. The molecule has 1 atom stereocenters. The largest absolute Gasteiger partial charge is 0.490 e. The number of ether oxygens (including phenoxy) is 1. The van der Waals surface area contributed by atoms with Crippen LogP contribution in [0.25, 0.3) is 11.3 Å². The van der Waals surface area contributed by atoms with E-state index in [-0.39, 0.29) is 31.2 Å². The molecule has 0 saturated carbocycles. The van der Waals surface area contributed by atoms with Gasteiger partial charge in [0.15, 0.2) is 0 Å². The van der Waals surface area contributed by atoms with Crippen LogP contribution in [0.15, 0.2) is 53.0 Å². The van der Waals surface area contributed by atoms with Gasteiger partial charge in [0.25, 0.3) is 0 Å². The standard InChI is InChI=1S/C23H20BrF3N2O3/c24-18-12-17-15(6-7-16(17)11-22(30)31)10-20(18)32-9-8-29-21(23(25,26)27)13-19(28-29)14-4-2-1-3-5-14/h1-5,10,12-13,16H,6-9,11H2,(H,30,31)/t16-/m0/s1. The SMILES string of the molecule is O=C(O)C[C@@H]1CCc2cc(OCCn3nc(-c4ccccc4)cc3C(F)(F)F)c(Br)cc21. The monoisotopic (exact) mass is 508 g/mol. The van der Waals surface area contributed by atoms with Crippen LogP contribution in [0.2, 0.25) is 0 Å². The minimum Gasteiger partial charge on any atom is -0.490 e. The highest BCUT2D eigenvalue weighted by atomic mass is 79.9. The molecule has 3 aromatic rings. The normalized spacial score (nSPS) is 15.6. The van der Waals surface area contributed by atoms with Gasteiger partial charge in [-0.3, -0.25) is 9.48 Å². The average molecular weight is 509 g/mol. The van der Waals surface area contributed by atoms with E-state index in [2.05, 4.69) is 21.0 Å². The van der Waals surface area contributed by atoms with Crippen LogP contribution in [-0.4, -0.2) is 27.5 Å². The Morgan fingerprint density at radius 3 is 2.66 bits per heavy atom. The van der Waals surface area contributed by atoms with Crippen molar-refractivity contribution in [3.63, 3.8) is 0 Å². The number of nitrogens with zero attached hydrogens (tertiary/aromatic N) is 2. The molecule has 9 heteroatoms. The lowest BCUT2D eigenvalue weighted by molar-refractivity contribution is -0.144. The number of rotatable bonds is 7. The summed E-state index contributed by atoms with van der Waals surface area (Å²) in [5, 5.41) is 13.2. The fourth-order valence-electron chi connectivity index (χ4n) is 4.03. The Morgan fingerprint density at radius 1 is 1.22 bits per heavy atom. The van der Waals surface area contributed by atoms with Gasteiger partial charge in [-0.25, -0.2) is 0 Å². The quantitative estimate of drug-likeness (QED) is 0.430. The number of aliphatic carboxylic acids is 1. The number of hydrogen-bond donors (Lipinski definition) is 1. The number of carboxylic acids is 1.